The van der Waals surface area contributed by atoms with Gasteiger partial charge < -0.3 is 4.98 Å². The molecular weight excluding hydrogens is 403 g/mol. The maximum absolute atomic E-state index is 14.0. The first-order chi connectivity index (χ1) is 15.7. The maximum atomic E-state index is 14.0. The summed E-state index contributed by atoms with van der Waals surface area (Å²) in [6, 6.07) is 16.6. The van der Waals surface area contributed by atoms with Crippen molar-refractivity contribution in [1.82, 2.24) is 30.1 Å². The molecule has 6 aromatic rings. The lowest BCUT2D eigenvalue weighted by molar-refractivity contribution is 0.627. The number of benzene rings is 1. The number of aromatic nitrogens is 6. The van der Waals surface area contributed by atoms with Crippen molar-refractivity contribution >= 4 is 21.9 Å². The molecule has 5 aromatic heterocycles. The summed E-state index contributed by atoms with van der Waals surface area (Å²) in [5.41, 5.74) is 8.00. The minimum Gasteiger partial charge on any atom is -0.352 e. The Balaban J connectivity index is 1.52. The van der Waals surface area contributed by atoms with Gasteiger partial charge in [-0.05, 0) is 60.5 Å². The fourth-order valence-electron chi connectivity index (χ4n) is 4.04. The van der Waals surface area contributed by atoms with Gasteiger partial charge in [-0.25, -0.2) is 9.37 Å². The van der Waals surface area contributed by atoms with Crippen LogP contribution >= 0.6 is 0 Å². The molecule has 154 valence electrons. The first kappa shape index (κ1) is 18.4. The average molecular weight is 420 g/mol. The summed E-state index contributed by atoms with van der Waals surface area (Å²) in [7, 11) is 0. The van der Waals surface area contributed by atoms with Gasteiger partial charge in [0.25, 0.3) is 0 Å². The summed E-state index contributed by atoms with van der Waals surface area (Å²) in [5, 5.41) is 8.50. The molecule has 0 aliphatic carbocycles. The van der Waals surface area contributed by atoms with Crippen molar-refractivity contribution in [2.45, 2.75) is 6.92 Å². The fraction of sp³-hybridized carbons (Fsp3) is 0.0400. The molecular formula is C25H17FN6. The van der Waals surface area contributed by atoms with Crippen LogP contribution in [0.2, 0.25) is 0 Å². The Morgan fingerprint density at radius 3 is 2.69 bits per heavy atom. The zero-order valence-corrected chi connectivity index (χ0v) is 17.1. The summed E-state index contributed by atoms with van der Waals surface area (Å²) in [5.74, 6) is -0.266. The molecule has 5 heterocycles. The van der Waals surface area contributed by atoms with Crippen LogP contribution in [0.3, 0.4) is 0 Å². The van der Waals surface area contributed by atoms with Gasteiger partial charge in [0.05, 0.1) is 34.3 Å². The molecule has 0 amide bonds. The van der Waals surface area contributed by atoms with Crippen LogP contribution in [0.25, 0.3) is 55.8 Å². The molecule has 0 unspecified atom stereocenters. The molecule has 7 heteroatoms. The predicted octanol–water partition coefficient (Wildman–Crippen LogP) is 5.68. The smallest absolute Gasteiger partial charge is 0.135 e. The molecule has 0 fully saturated rings. The zero-order chi connectivity index (χ0) is 21.7. The number of halogens is 1. The van der Waals surface area contributed by atoms with E-state index in [1.807, 2.05) is 49.4 Å². The molecule has 0 spiro atoms. The number of nitrogens with one attached hydrogen (secondary N) is 2. The van der Waals surface area contributed by atoms with Crippen LogP contribution in [0.4, 0.5) is 4.39 Å². The highest BCUT2D eigenvalue weighted by Gasteiger charge is 2.16. The monoisotopic (exact) mass is 420 g/mol. The topological polar surface area (TPSA) is 83.1 Å². The lowest BCUT2D eigenvalue weighted by Gasteiger charge is -2.05. The van der Waals surface area contributed by atoms with Crippen LogP contribution in [0.1, 0.15) is 5.56 Å². The largest absolute Gasteiger partial charge is 0.352 e. The Bertz CT molecular complexity index is 1580. The fourth-order valence-corrected chi connectivity index (χ4v) is 4.04. The SMILES string of the molecule is Cc1cc(F)cc(-c2cncc3[nH]c(-c4n[nH]c5ccc(-c6ccccn6)nc45)cc23)c1. The van der Waals surface area contributed by atoms with Crippen molar-refractivity contribution in [3.8, 4) is 33.9 Å². The standard InChI is InChI=1S/C25H17FN6/c1-14-8-15(10-16(26)9-14)18-12-27-13-23-17(18)11-22(29-23)25-24-21(31-32-25)6-5-20(30-24)19-4-2-3-7-28-19/h2-13,29H,1H3,(H,31,32). The number of H-pyrrole nitrogens is 2. The molecule has 0 aliphatic rings. The molecule has 0 saturated carbocycles. The Hall–Kier alpha value is -4.39. The third-order valence-corrected chi connectivity index (χ3v) is 5.49. The van der Waals surface area contributed by atoms with Crippen LogP contribution in [-0.2, 0) is 0 Å². The molecule has 0 bridgehead atoms. The van der Waals surface area contributed by atoms with Gasteiger partial charge in [0.15, 0.2) is 0 Å². The minimum atomic E-state index is -0.266. The Morgan fingerprint density at radius 2 is 1.84 bits per heavy atom. The summed E-state index contributed by atoms with van der Waals surface area (Å²) in [6.07, 6.45) is 5.27. The second-order valence-electron chi connectivity index (χ2n) is 7.73. The quantitative estimate of drug-likeness (QED) is 0.386. The first-order valence-corrected chi connectivity index (χ1v) is 10.2. The van der Waals surface area contributed by atoms with Crippen LogP contribution in [0, 0.1) is 12.7 Å². The highest BCUT2D eigenvalue weighted by atomic mass is 19.1. The molecule has 0 saturated heterocycles. The number of fused-ring (bicyclic) bond motifs is 2. The van der Waals surface area contributed by atoms with Crippen molar-refractivity contribution in [2.24, 2.45) is 0 Å². The van der Waals surface area contributed by atoms with Gasteiger partial charge in [-0.15, -0.1) is 0 Å². The number of nitrogens with zero attached hydrogens (tertiary/aromatic N) is 4. The van der Waals surface area contributed by atoms with E-state index in [0.717, 1.165) is 55.7 Å². The number of aromatic amines is 2. The van der Waals surface area contributed by atoms with E-state index in [4.69, 9.17) is 4.98 Å². The Labute approximate surface area is 182 Å². The van der Waals surface area contributed by atoms with E-state index in [9.17, 15) is 4.39 Å². The number of aryl methyl sites for hydroxylation is 1. The molecule has 6 rings (SSSR count). The van der Waals surface area contributed by atoms with Gasteiger partial charge in [0, 0.05) is 23.3 Å². The van der Waals surface area contributed by atoms with Gasteiger partial charge in [-0.2, -0.15) is 5.10 Å². The summed E-state index contributed by atoms with van der Waals surface area (Å²) < 4.78 is 14.0. The van der Waals surface area contributed by atoms with E-state index < -0.39 is 0 Å². The van der Waals surface area contributed by atoms with E-state index in [0.29, 0.717) is 5.69 Å². The Morgan fingerprint density at radius 1 is 0.906 bits per heavy atom. The molecule has 32 heavy (non-hydrogen) atoms. The third kappa shape index (κ3) is 3.02. The van der Waals surface area contributed by atoms with Gasteiger partial charge in [0.2, 0.25) is 0 Å². The lowest BCUT2D eigenvalue weighted by atomic mass is 10.0. The van der Waals surface area contributed by atoms with Crippen molar-refractivity contribution in [1.29, 1.82) is 0 Å². The summed E-state index contributed by atoms with van der Waals surface area (Å²) in [4.78, 5) is 17.0. The van der Waals surface area contributed by atoms with Crippen LogP contribution < -0.4 is 0 Å². The maximum Gasteiger partial charge on any atom is 0.135 e. The van der Waals surface area contributed by atoms with Gasteiger partial charge in [-0.3, -0.25) is 15.1 Å². The van der Waals surface area contributed by atoms with Gasteiger partial charge in [-0.1, -0.05) is 12.1 Å². The van der Waals surface area contributed by atoms with Gasteiger partial charge in [0.1, 0.15) is 17.0 Å². The zero-order valence-electron chi connectivity index (χ0n) is 17.1. The molecule has 2 N–H and O–H groups in total. The number of pyridine rings is 3. The molecule has 6 nitrogen and oxygen atoms in total. The summed E-state index contributed by atoms with van der Waals surface area (Å²) >= 11 is 0. The van der Waals surface area contributed by atoms with E-state index in [-0.39, 0.29) is 5.82 Å². The van der Waals surface area contributed by atoms with Crippen molar-refractivity contribution in [3.05, 3.63) is 84.6 Å². The van der Waals surface area contributed by atoms with E-state index >= 15 is 0 Å². The number of hydrogen-bond acceptors (Lipinski definition) is 4. The van der Waals surface area contributed by atoms with Crippen LogP contribution in [-0.4, -0.2) is 30.1 Å². The second-order valence-corrected chi connectivity index (χ2v) is 7.73. The first-order valence-electron chi connectivity index (χ1n) is 10.2. The van der Waals surface area contributed by atoms with E-state index in [2.05, 4.69) is 25.1 Å². The van der Waals surface area contributed by atoms with Crippen molar-refractivity contribution in [3.63, 3.8) is 0 Å². The Kier molecular flexibility index (Phi) is 4.07. The van der Waals surface area contributed by atoms with Crippen molar-refractivity contribution in [2.75, 3.05) is 0 Å². The van der Waals surface area contributed by atoms with Crippen molar-refractivity contribution < 1.29 is 4.39 Å². The lowest BCUT2D eigenvalue weighted by Crippen LogP contribution is -1.87. The predicted molar refractivity (Wildman–Crippen MR) is 122 cm³/mol. The number of rotatable bonds is 3. The third-order valence-electron chi connectivity index (χ3n) is 5.49. The normalized spacial score (nSPS) is 11.4. The van der Waals surface area contributed by atoms with Gasteiger partial charge >= 0.3 is 0 Å². The molecule has 1 aromatic carbocycles. The molecule has 0 aliphatic heterocycles. The minimum absolute atomic E-state index is 0.266. The van der Waals surface area contributed by atoms with Crippen LogP contribution in [0.15, 0.2) is 73.2 Å². The highest BCUT2D eigenvalue weighted by molar-refractivity contribution is 6.00. The highest BCUT2D eigenvalue weighted by Crippen LogP contribution is 2.34. The summed E-state index contributed by atoms with van der Waals surface area (Å²) in [6.45, 7) is 1.88. The van der Waals surface area contributed by atoms with E-state index in [1.165, 1.54) is 12.1 Å². The number of hydrogen-bond donors (Lipinski definition) is 2. The van der Waals surface area contributed by atoms with E-state index in [1.54, 1.807) is 18.6 Å². The average Bonchev–Trinajstić information content (AvgIpc) is 3.42. The molecule has 0 radical (unpaired) electrons. The molecule has 0 atom stereocenters. The second kappa shape index (κ2) is 7.09. The van der Waals surface area contributed by atoms with Crippen LogP contribution in [0.5, 0.6) is 0 Å².